The lowest BCUT2D eigenvalue weighted by Gasteiger charge is -2.10. The fourth-order valence-corrected chi connectivity index (χ4v) is 1.40. The first-order valence-corrected chi connectivity index (χ1v) is 4.33. The highest BCUT2D eigenvalue weighted by Crippen LogP contribution is 2.15. The molecule has 2 aliphatic heterocycles. The van der Waals surface area contributed by atoms with Crippen molar-refractivity contribution in [2.75, 3.05) is 0 Å². The van der Waals surface area contributed by atoms with Crippen LogP contribution in [-0.2, 0) is 0 Å². The largest absolute Gasteiger partial charge is 0.222 e. The molecular weight excluding hydrogens is 148 g/mol. The average Bonchev–Trinajstić information content (AvgIpc) is 2.49. The number of hydrogen-bond donors (Lipinski definition) is 0. The van der Waals surface area contributed by atoms with Crippen molar-refractivity contribution in [3.8, 4) is 0 Å². The first-order valence-electron chi connectivity index (χ1n) is 4.33. The van der Waals surface area contributed by atoms with Gasteiger partial charge < -0.3 is 0 Å². The van der Waals surface area contributed by atoms with E-state index in [1.807, 2.05) is 23.2 Å². The molecule has 0 saturated heterocycles. The summed E-state index contributed by atoms with van der Waals surface area (Å²) >= 11 is 0. The summed E-state index contributed by atoms with van der Waals surface area (Å²) in [5.74, 6) is 0.574. The van der Waals surface area contributed by atoms with Gasteiger partial charge in [-0.3, -0.25) is 0 Å². The van der Waals surface area contributed by atoms with Gasteiger partial charge in [0.2, 0.25) is 6.04 Å². The van der Waals surface area contributed by atoms with Crippen LogP contribution in [0.15, 0.2) is 28.9 Å². The SMILES string of the molecule is CC(C)C1=CC2C=CC=[N+]2N=C1. The highest BCUT2D eigenvalue weighted by Gasteiger charge is 2.23. The van der Waals surface area contributed by atoms with Gasteiger partial charge >= 0.3 is 0 Å². The Kier molecular flexibility index (Phi) is 1.68. The van der Waals surface area contributed by atoms with Crippen LogP contribution in [0.5, 0.6) is 0 Å². The van der Waals surface area contributed by atoms with E-state index >= 15 is 0 Å². The topological polar surface area (TPSA) is 15.4 Å². The third-order valence-electron chi connectivity index (χ3n) is 2.22. The van der Waals surface area contributed by atoms with Gasteiger partial charge in [0.1, 0.15) is 0 Å². The minimum atomic E-state index is 0.368. The summed E-state index contributed by atoms with van der Waals surface area (Å²) in [6.07, 6.45) is 10.4. The normalized spacial score (nSPS) is 25.8. The third-order valence-corrected chi connectivity index (χ3v) is 2.22. The summed E-state index contributed by atoms with van der Waals surface area (Å²) in [5.41, 5.74) is 1.33. The molecule has 1 atom stereocenters. The molecule has 2 heteroatoms. The van der Waals surface area contributed by atoms with Crippen molar-refractivity contribution in [1.29, 1.82) is 0 Å². The van der Waals surface area contributed by atoms with E-state index < -0.39 is 0 Å². The van der Waals surface area contributed by atoms with Crippen LogP contribution in [-0.4, -0.2) is 23.2 Å². The second-order valence-corrected chi connectivity index (χ2v) is 3.47. The van der Waals surface area contributed by atoms with Gasteiger partial charge in [-0.15, -0.1) is 0 Å². The molecule has 2 heterocycles. The number of allylic oxidation sites excluding steroid dienone is 2. The van der Waals surface area contributed by atoms with Crippen molar-refractivity contribution >= 4 is 12.4 Å². The lowest BCUT2D eigenvalue weighted by atomic mass is 10.0. The standard InChI is InChI=1S/C10H13N2/c1-8(2)9-6-10-4-3-5-12(10)11-7-9/h3-8,10H,1-2H3/q+1. The third kappa shape index (κ3) is 1.13. The second-order valence-electron chi connectivity index (χ2n) is 3.47. The summed E-state index contributed by atoms with van der Waals surface area (Å²) in [6, 6.07) is 0.368. The summed E-state index contributed by atoms with van der Waals surface area (Å²) in [5, 5.41) is 4.32. The van der Waals surface area contributed by atoms with Crippen molar-refractivity contribution in [3.63, 3.8) is 0 Å². The molecule has 0 aromatic rings. The van der Waals surface area contributed by atoms with E-state index in [9.17, 15) is 0 Å². The Morgan fingerprint density at radius 1 is 1.50 bits per heavy atom. The highest BCUT2D eigenvalue weighted by molar-refractivity contribution is 5.80. The fraction of sp³-hybridized carbons (Fsp3) is 0.400. The van der Waals surface area contributed by atoms with Crippen LogP contribution in [0, 0.1) is 5.92 Å². The van der Waals surface area contributed by atoms with Gasteiger partial charge in [-0.2, -0.15) is 0 Å². The van der Waals surface area contributed by atoms with Gasteiger partial charge in [-0.1, -0.05) is 18.5 Å². The maximum Gasteiger partial charge on any atom is 0.222 e. The van der Waals surface area contributed by atoms with Gasteiger partial charge in [-0.25, -0.2) is 0 Å². The van der Waals surface area contributed by atoms with E-state index in [4.69, 9.17) is 0 Å². The van der Waals surface area contributed by atoms with Crippen LogP contribution in [0.2, 0.25) is 0 Å². The Balaban J connectivity index is 2.28. The summed E-state index contributed by atoms with van der Waals surface area (Å²) in [4.78, 5) is 0. The Morgan fingerprint density at radius 3 is 3.08 bits per heavy atom. The number of rotatable bonds is 1. The monoisotopic (exact) mass is 161 g/mol. The summed E-state index contributed by atoms with van der Waals surface area (Å²) in [7, 11) is 0. The van der Waals surface area contributed by atoms with Gasteiger partial charge in [-0.05, 0) is 28.7 Å². The molecule has 12 heavy (non-hydrogen) atoms. The smallest absolute Gasteiger partial charge is 0.0811 e. The Labute approximate surface area is 72.6 Å². The molecule has 0 aromatic carbocycles. The van der Waals surface area contributed by atoms with E-state index in [0.717, 1.165) is 0 Å². The predicted octanol–water partition coefficient (Wildman–Crippen LogP) is 1.59. The maximum atomic E-state index is 4.32. The van der Waals surface area contributed by atoms with Crippen molar-refractivity contribution in [3.05, 3.63) is 23.8 Å². The molecule has 2 rings (SSSR count). The fourth-order valence-electron chi connectivity index (χ4n) is 1.40. The quantitative estimate of drug-likeness (QED) is 0.519. The number of nitrogens with zero attached hydrogens (tertiary/aromatic N) is 2. The predicted molar refractivity (Wildman–Crippen MR) is 50.7 cm³/mol. The molecule has 0 bridgehead atoms. The van der Waals surface area contributed by atoms with Crippen molar-refractivity contribution in [2.24, 2.45) is 11.0 Å². The van der Waals surface area contributed by atoms with Crippen molar-refractivity contribution in [1.82, 2.24) is 0 Å². The van der Waals surface area contributed by atoms with Gasteiger partial charge in [0.25, 0.3) is 0 Å². The molecule has 2 aliphatic rings. The Hall–Kier alpha value is -1.18. The summed E-state index contributed by atoms with van der Waals surface area (Å²) in [6.45, 7) is 4.38. The van der Waals surface area contributed by atoms with Crippen LogP contribution >= 0.6 is 0 Å². The minimum Gasteiger partial charge on any atom is -0.0811 e. The zero-order valence-corrected chi connectivity index (χ0v) is 7.44. The van der Waals surface area contributed by atoms with E-state index in [2.05, 4.69) is 31.1 Å². The number of hydrogen-bond acceptors (Lipinski definition) is 1. The molecule has 0 radical (unpaired) electrons. The van der Waals surface area contributed by atoms with Crippen LogP contribution in [0.25, 0.3) is 0 Å². The average molecular weight is 161 g/mol. The van der Waals surface area contributed by atoms with Crippen molar-refractivity contribution < 1.29 is 4.68 Å². The Bertz CT molecular complexity index is 306. The van der Waals surface area contributed by atoms with Crippen LogP contribution in [0.3, 0.4) is 0 Å². The highest BCUT2D eigenvalue weighted by atomic mass is 15.4. The zero-order valence-electron chi connectivity index (χ0n) is 7.44. The molecule has 0 fully saturated rings. The summed E-state index contributed by atoms with van der Waals surface area (Å²) < 4.78 is 1.96. The van der Waals surface area contributed by atoms with Gasteiger partial charge in [0.05, 0.1) is 6.21 Å². The molecule has 2 nitrogen and oxygen atoms in total. The lowest BCUT2D eigenvalue weighted by Crippen LogP contribution is -2.20. The van der Waals surface area contributed by atoms with Gasteiger partial charge in [0.15, 0.2) is 6.21 Å². The second kappa shape index (κ2) is 2.70. The number of hydrazone groups is 1. The van der Waals surface area contributed by atoms with E-state index in [1.165, 1.54) is 5.57 Å². The minimum absolute atomic E-state index is 0.368. The van der Waals surface area contributed by atoms with Crippen molar-refractivity contribution in [2.45, 2.75) is 19.9 Å². The molecule has 0 aromatic heterocycles. The molecular formula is C10H13N2+. The van der Waals surface area contributed by atoms with Crippen LogP contribution < -0.4 is 0 Å². The van der Waals surface area contributed by atoms with Crippen LogP contribution in [0.1, 0.15) is 13.8 Å². The molecule has 0 aliphatic carbocycles. The molecule has 62 valence electrons. The first kappa shape index (κ1) is 7.47. The number of fused-ring (bicyclic) bond motifs is 1. The molecule has 1 unspecified atom stereocenters. The maximum absolute atomic E-state index is 4.32. The van der Waals surface area contributed by atoms with Crippen LogP contribution in [0.4, 0.5) is 0 Å². The lowest BCUT2D eigenvalue weighted by molar-refractivity contribution is -0.541. The molecule has 0 amide bonds. The van der Waals surface area contributed by atoms with E-state index in [0.29, 0.717) is 12.0 Å². The molecule has 0 N–H and O–H groups in total. The molecule has 0 spiro atoms. The Morgan fingerprint density at radius 2 is 2.33 bits per heavy atom. The molecule has 0 saturated carbocycles. The van der Waals surface area contributed by atoms with Gasteiger partial charge in [0, 0.05) is 6.08 Å². The van der Waals surface area contributed by atoms with E-state index in [-0.39, 0.29) is 0 Å². The first-order chi connectivity index (χ1) is 5.77. The zero-order chi connectivity index (χ0) is 8.55. The van der Waals surface area contributed by atoms with E-state index in [1.54, 1.807) is 0 Å².